The van der Waals surface area contributed by atoms with Crippen LogP contribution in [0.5, 0.6) is 5.75 Å². The summed E-state index contributed by atoms with van der Waals surface area (Å²) < 4.78 is 32.6. The van der Waals surface area contributed by atoms with E-state index in [2.05, 4.69) is 10.0 Å². The lowest BCUT2D eigenvalue weighted by Gasteiger charge is -2.16. The van der Waals surface area contributed by atoms with Crippen molar-refractivity contribution in [2.75, 3.05) is 28.9 Å². The molecule has 31 heavy (non-hydrogen) atoms. The average molecular weight is 446 g/mol. The zero-order valence-corrected chi connectivity index (χ0v) is 18.4. The normalized spacial score (nSPS) is 13.8. The van der Waals surface area contributed by atoms with Crippen molar-refractivity contribution in [1.29, 1.82) is 0 Å². The minimum absolute atomic E-state index is 0.00962. The van der Waals surface area contributed by atoms with Gasteiger partial charge in [0.2, 0.25) is 15.9 Å². The molecular weight excluding hydrogens is 418 g/mol. The number of amides is 2. The number of carbonyl (C=O) groups is 2. The highest BCUT2D eigenvalue weighted by Gasteiger charge is 2.21. The summed E-state index contributed by atoms with van der Waals surface area (Å²) in [5, 5.41) is 2.55. The Morgan fingerprint density at radius 2 is 1.71 bits per heavy atom. The number of hydrogen-bond donors (Lipinski definition) is 2. The van der Waals surface area contributed by atoms with Gasteiger partial charge in [0.25, 0.3) is 5.91 Å². The molecule has 0 bridgehead atoms. The topological polar surface area (TPSA) is 105 Å². The van der Waals surface area contributed by atoms with Gasteiger partial charge in [-0.2, -0.15) is 0 Å². The number of likely N-dealkylation sites (tertiary alicyclic amines) is 1. The highest BCUT2D eigenvalue weighted by Crippen LogP contribution is 2.19. The lowest BCUT2D eigenvalue weighted by Crippen LogP contribution is -2.28. The van der Waals surface area contributed by atoms with Crippen molar-refractivity contribution in [2.24, 2.45) is 0 Å². The Morgan fingerprint density at radius 3 is 2.35 bits per heavy atom. The highest BCUT2D eigenvalue weighted by molar-refractivity contribution is 7.93. The van der Waals surface area contributed by atoms with Crippen LogP contribution in [-0.4, -0.2) is 50.1 Å². The Bertz CT molecular complexity index is 1030. The Labute approximate surface area is 182 Å². The van der Waals surface area contributed by atoms with Gasteiger partial charge in [0.05, 0.1) is 6.10 Å². The molecule has 0 unspecified atom stereocenters. The Morgan fingerprint density at radius 1 is 1.03 bits per heavy atom. The van der Waals surface area contributed by atoms with E-state index >= 15 is 0 Å². The maximum atomic E-state index is 12.5. The summed E-state index contributed by atoms with van der Waals surface area (Å²) in [6.07, 6.45) is 1.98. The number of anilines is 2. The minimum Gasteiger partial charge on any atom is -0.491 e. The van der Waals surface area contributed by atoms with Crippen LogP contribution >= 0.6 is 0 Å². The zero-order chi connectivity index (χ0) is 22.4. The van der Waals surface area contributed by atoms with Crippen LogP contribution in [0.25, 0.3) is 0 Å². The molecule has 0 spiro atoms. The van der Waals surface area contributed by atoms with Gasteiger partial charge >= 0.3 is 0 Å². The summed E-state index contributed by atoms with van der Waals surface area (Å²) in [5.74, 6) is -0.911. The lowest BCUT2D eigenvalue weighted by atomic mass is 10.1. The smallest absolute Gasteiger partial charge is 0.253 e. The first-order chi connectivity index (χ1) is 14.7. The monoisotopic (exact) mass is 445 g/mol. The van der Waals surface area contributed by atoms with Gasteiger partial charge in [0, 0.05) is 30.0 Å². The maximum absolute atomic E-state index is 12.5. The summed E-state index contributed by atoms with van der Waals surface area (Å²) in [6.45, 7) is 5.24. The Balaban J connectivity index is 1.58. The van der Waals surface area contributed by atoms with Gasteiger partial charge in [-0.15, -0.1) is 0 Å². The van der Waals surface area contributed by atoms with Gasteiger partial charge in [0.15, 0.2) is 0 Å². The molecule has 0 radical (unpaired) electrons. The molecule has 0 aliphatic carbocycles. The summed E-state index contributed by atoms with van der Waals surface area (Å²) >= 11 is 0. The second-order valence-electron chi connectivity index (χ2n) is 7.68. The van der Waals surface area contributed by atoms with E-state index in [9.17, 15) is 18.0 Å². The van der Waals surface area contributed by atoms with E-state index in [-0.39, 0.29) is 12.0 Å². The van der Waals surface area contributed by atoms with E-state index in [0.717, 1.165) is 25.9 Å². The van der Waals surface area contributed by atoms with Gasteiger partial charge in [-0.05, 0) is 69.2 Å². The van der Waals surface area contributed by atoms with E-state index in [1.807, 2.05) is 13.8 Å². The molecule has 2 N–H and O–H groups in total. The van der Waals surface area contributed by atoms with E-state index in [4.69, 9.17) is 4.74 Å². The highest BCUT2D eigenvalue weighted by atomic mass is 32.2. The van der Waals surface area contributed by atoms with Crippen molar-refractivity contribution >= 4 is 33.2 Å². The predicted molar refractivity (Wildman–Crippen MR) is 120 cm³/mol. The van der Waals surface area contributed by atoms with Crippen LogP contribution in [0.4, 0.5) is 11.4 Å². The van der Waals surface area contributed by atoms with Gasteiger partial charge < -0.3 is 15.0 Å². The molecule has 1 saturated heterocycles. The van der Waals surface area contributed by atoms with Gasteiger partial charge in [-0.1, -0.05) is 6.07 Å². The fourth-order valence-corrected chi connectivity index (χ4v) is 4.28. The molecule has 8 nitrogen and oxygen atoms in total. The molecule has 2 aromatic rings. The third-order valence-corrected chi connectivity index (χ3v) is 5.80. The molecular formula is C22H27N3O5S. The second-order valence-corrected chi connectivity index (χ2v) is 9.40. The molecule has 2 amide bonds. The predicted octanol–water partition coefficient (Wildman–Crippen LogP) is 3.09. The zero-order valence-electron chi connectivity index (χ0n) is 17.6. The molecule has 2 aromatic carbocycles. The fourth-order valence-electron chi connectivity index (χ4n) is 3.29. The van der Waals surface area contributed by atoms with Crippen LogP contribution in [0.1, 0.15) is 37.0 Å². The number of rotatable bonds is 8. The molecule has 166 valence electrons. The van der Waals surface area contributed by atoms with Gasteiger partial charge in [-0.3, -0.25) is 14.3 Å². The molecule has 1 aliphatic heterocycles. The van der Waals surface area contributed by atoms with Crippen LogP contribution in [0, 0.1) is 0 Å². The number of ether oxygens (including phenoxy) is 1. The number of carbonyl (C=O) groups excluding carboxylic acids is 2. The van der Waals surface area contributed by atoms with E-state index in [1.165, 1.54) is 0 Å². The van der Waals surface area contributed by atoms with Gasteiger partial charge in [0.1, 0.15) is 11.5 Å². The molecule has 3 rings (SSSR count). The third-order valence-electron chi connectivity index (χ3n) is 4.61. The number of nitrogens with zero attached hydrogens (tertiary/aromatic N) is 1. The first kappa shape index (κ1) is 22.6. The molecule has 0 saturated carbocycles. The first-order valence-corrected chi connectivity index (χ1v) is 11.8. The van der Waals surface area contributed by atoms with E-state index in [0.29, 0.717) is 22.7 Å². The first-order valence-electron chi connectivity index (χ1n) is 10.2. The van der Waals surface area contributed by atoms with Crippen molar-refractivity contribution in [3.63, 3.8) is 0 Å². The number of benzene rings is 2. The van der Waals surface area contributed by atoms with Crippen LogP contribution in [0.2, 0.25) is 0 Å². The number of nitrogens with one attached hydrogen (secondary N) is 2. The second kappa shape index (κ2) is 9.82. The van der Waals surface area contributed by atoms with Crippen molar-refractivity contribution < 1.29 is 22.7 Å². The van der Waals surface area contributed by atoms with E-state index in [1.54, 1.807) is 53.4 Å². The van der Waals surface area contributed by atoms with Crippen molar-refractivity contribution in [3.8, 4) is 5.75 Å². The molecule has 0 atom stereocenters. The molecule has 1 heterocycles. The van der Waals surface area contributed by atoms with Crippen LogP contribution in [0.3, 0.4) is 0 Å². The fraction of sp³-hybridized carbons (Fsp3) is 0.364. The van der Waals surface area contributed by atoms with Crippen molar-refractivity contribution in [3.05, 3.63) is 54.1 Å². The SMILES string of the molecule is CC(C)Oc1ccc(NS(=O)(=O)CC(=O)Nc2cccc(C(=O)N3CCCC3)c2)cc1. The molecule has 9 heteroatoms. The third kappa shape index (κ3) is 6.71. The Hall–Kier alpha value is -3.07. The number of hydrogen-bond acceptors (Lipinski definition) is 5. The minimum atomic E-state index is -3.91. The van der Waals surface area contributed by atoms with Crippen LogP contribution in [0.15, 0.2) is 48.5 Å². The largest absolute Gasteiger partial charge is 0.491 e. The maximum Gasteiger partial charge on any atom is 0.253 e. The summed E-state index contributed by atoms with van der Waals surface area (Å²) in [6, 6.07) is 13.0. The number of sulfonamides is 1. The summed E-state index contributed by atoms with van der Waals surface area (Å²) in [4.78, 5) is 26.6. The molecule has 1 aliphatic rings. The van der Waals surface area contributed by atoms with Crippen LogP contribution in [-0.2, 0) is 14.8 Å². The van der Waals surface area contributed by atoms with Crippen molar-refractivity contribution in [2.45, 2.75) is 32.8 Å². The lowest BCUT2D eigenvalue weighted by molar-refractivity contribution is -0.113. The quantitative estimate of drug-likeness (QED) is 0.650. The van der Waals surface area contributed by atoms with Gasteiger partial charge in [-0.25, -0.2) is 8.42 Å². The Kier molecular flexibility index (Phi) is 7.17. The van der Waals surface area contributed by atoms with Crippen LogP contribution < -0.4 is 14.8 Å². The summed E-state index contributed by atoms with van der Waals surface area (Å²) in [5.41, 5.74) is 1.17. The summed E-state index contributed by atoms with van der Waals surface area (Å²) in [7, 11) is -3.91. The standard InChI is InChI=1S/C22H27N3O5S/c1-16(2)30-20-10-8-18(9-11-20)24-31(28,29)15-21(26)23-19-7-5-6-17(14-19)22(27)25-12-3-4-13-25/h5-11,14,16,24H,3-4,12-13,15H2,1-2H3,(H,23,26). The molecule has 0 aromatic heterocycles. The van der Waals surface area contributed by atoms with Crippen molar-refractivity contribution in [1.82, 2.24) is 4.90 Å². The van der Waals surface area contributed by atoms with E-state index < -0.39 is 21.7 Å². The molecule has 1 fully saturated rings. The average Bonchev–Trinajstić information content (AvgIpc) is 3.22.